The van der Waals surface area contributed by atoms with Crippen molar-refractivity contribution in [1.29, 1.82) is 0 Å². The van der Waals surface area contributed by atoms with Crippen molar-refractivity contribution in [1.82, 2.24) is 0 Å². The molecule has 4 saturated carbocycles. The Bertz CT molecular complexity index is 1230. The van der Waals surface area contributed by atoms with Gasteiger partial charge in [-0.05, 0) is 84.2 Å². The molecule has 41 heavy (non-hydrogen) atoms. The maximum absolute atomic E-state index is 3.67. The number of rotatable bonds is 1. The van der Waals surface area contributed by atoms with E-state index in [1.165, 1.54) is 63.2 Å². The van der Waals surface area contributed by atoms with Gasteiger partial charge in [-0.2, -0.15) is 47.0 Å². The first-order chi connectivity index (χ1) is 18.5. The molecule has 0 nitrogen and oxygen atoms in total. The van der Waals surface area contributed by atoms with Crippen LogP contribution in [0.15, 0.2) is 48.5 Å². The molecule has 0 aromatic heterocycles. The maximum atomic E-state index is 3.67. The average molecular weight is 667 g/mol. The maximum Gasteiger partial charge on any atom is -1.00 e. The van der Waals surface area contributed by atoms with E-state index in [2.05, 4.69) is 107 Å². The first kappa shape index (κ1) is 34.6. The summed E-state index contributed by atoms with van der Waals surface area (Å²) in [6, 6.07) is 22.3. The number of fused-ring (bicyclic) bond motifs is 3. The summed E-state index contributed by atoms with van der Waals surface area (Å²) in [7, 11) is 0. The molecular weight excluding hydrogens is 619 g/mol. The smallest absolute Gasteiger partial charge is 1.00 e. The predicted molar refractivity (Wildman–Crippen MR) is 165 cm³/mol. The Morgan fingerprint density at radius 3 is 1.88 bits per heavy atom. The molecular formula is C38H48Cl2Zr-2. The van der Waals surface area contributed by atoms with Crippen LogP contribution < -0.4 is 24.8 Å². The van der Waals surface area contributed by atoms with E-state index in [-0.39, 0.29) is 35.6 Å². The Labute approximate surface area is 278 Å². The van der Waals surface area contributed by atoms with Crippen LogP contribution >= 0.6 is 0 Å². The van der Waals surface area contributed by atoms with Crippen molar-refractivity contribution in [2.75, 3.05) is 0 Å². The third kappa shape index (κ3) is 7.27. The second kappa shape index (κ2) is 13.4. The van der Waals surface area contributed by atoms with Crippen LogP contribution in [0.5, 0.6) is 0 Å². The minimum atomic E-state index is 0. The van der Waals surface area contributed by atoms with Crippen LogP contribution in [-0.2, 0) is 41.5 Å². The molecule has 0 N–H and O–H groups in total. The summed E-state index contributed by atoms with van der Waals surface area (Å²) in [5.41, 5.74) is 11.8. The first-order valence-corrected chi connectivity index (χ1v) is 17.0. The van der Waals surface area contributed by atoms with Crippen LogP contribution in [0.3, 0.4) is 0 Å². The van der Waals surface area contributed by atoms with Gasteiger partial charge in [-0.3, -0.25) is 0 Å². The molecule has 0 aliphatic heterocycles. The van der Waals surface area contributed by atoms with Crippen molar-refractivity contribution >= 4 is 4.21 Å². The zero-order valence-corrected chi connectivity index (χ0v) is 30.2. The number of hydrogen-bond acceptors (Lipinski definition) is 0. The van der Waals surface area contributed by atoms with Crippen LogP contribution in [0.25, 0.3) is 11.1 Å². The fraction of sp³-hybridized carbons (Fsp3) is 0.526. The Kier molecular flexibility index (Phi) is 11.3. The Morgan fingerprint density at radius 2 is 1.37 bits per heavy atom. The normalized spacial score (nSPS) is 25.0. The third-order valence-corrected chi connectivity index (χ3v) is 10.0. The van der Waals surface area contributed by atoms with E-state index in [9.17, 15) is 0 Å². The van der Waals surface area contributed by atoms with Gasteiger partial charge in [0.2, 0.25) is 0 Å². The topological polar surface area (TPSA) is 0 Å². The molecule has 4 bridgehead atoms. The summed E-state index contributed by atoms with van der Waals surface area (Å²) < 4.78 is 3.34. The summed E-state index contributed by atoms with van der Waals surface area (Å²) >= 11 is 1.30. The monoisotopic (exact) mass is 664 g/mol. The molecule has 0 atom stereocenters. The van der Waals surface area contributed by atoms with Crippen LogP contribution in [0.1, 0.15) is 113 Å². The third-order valence-electron chi connectivity index (χ3n) is 10.0. The van der Waals surface area contributed by atoms with Gasteiger partial charge in [-0.1, -0.05) is 78.1 Å². The molecule has 0 spiro atoms. The van der Waals surface area contributed by atoms with Gasteiger partial charge >= 0.3 is 28.4 Å². The molecule has 8 rings (SSSR count). The van der Waals surface area contributed by atoms with Crippen LogP contribution in [0, 0.1) is 36.7 Å². The standard InChI is InChI=1S/C21H25.C16H21.CH2.2ClH.Zr/c1-20(2,3)16-7-9-18-14(12-16)11-15-13-17(21(4,5)6)8-10-19(15)18;1-10-2-3-13(4-10)16-14-6-11-5-12(8-14)9-15(16)7-11;;;;/h7-10,12H,11H2,1-6H3;2-4,11-12,14-16H,5-9H2,1H3;1H2;2*1H;/q2*-1;;;;+2/p-2. The van der Waals surface area contributed by atoms with Gasteiger partial charge in [-0.15, -0.1) is 11.1 Å². The van der Waals surface area contributed by atoms with Crippen molar-refractivity contribution < 1.29 is 49.0 Å². The summed E-state index contributed by atoms with van der Waals surface area (Å²) in [5.74, 6) is 5.22. The number of halogens is 2. The molecule has 0 heterocycles. The Morgan fingerprint density at radius 1 is 0.780 bits per heavy atom. The van der Waals surface area contributed by atoms with Gasteiger partial charge in [0.1, 0.15) is 0 Å². The van der Waals surface area contributed by atoms with Crippen molar-refractivity contribution in [2.45, 2.75) is 104 Å². The van der Waals surface area contributed by atoms with Gasteiger partial charge in [0.25, 0.3) is 0 Å². The van der Waals surface area contributed by atoms with Gasteiger partial charge in [0.05, 0.1) is 0 Å². The second-order valence-electron chi connectivity index (χ2n) is 15.0. The summed E-state index contributed by atoms with van der Waals surface area (Å²) in [6.45, 7) is 15.8. The average Bonchev–Trinajstić information content (AvgIpc) is 3.46. The predicted octanol–water partition coefficient (Wildman–Crippen LogP) is 3.88. The second-order valence-corrected chi connectivity index (χ2v) is 15.0. The van der Waals surface area contributed by atoms with E-state index in [1.54, 1.807) is 37.7 Å². The van der Waals surface area contributed by atoms with E-state index in [0.29, 0.717) is 0 Å². The molecule has 0 unspecified atom stereocenters. The number of hydrogen-bond donors (Lipinski definition) is 0. The van der Waals surface area contributed by atoms with Crippen molar-refractivity contribution in [2.24, 2.45) is 23.7 Å². The van der Waals surface area contributed by atoms with Crippen LogP contribution in [0.2, 0.25) is 0 Å². The Hall–Kier alpha value is -0.877. The van der Waals surface area contributed by atoms with Crippen molar-refractivity contribution in [3.63, 3.8) is 0 Å². The molecule has 5 aliphatic carbocycles. The quantitative estimate of drug-likeness (QED) is 0.271. The largest absolute Gasteiger partial charge is 1.00 e. The molecule has 3 aromatic rings. The number of aryl methyl sites for hydroxylation is 1. The van der Waals surface area contributed by atoms with E-state index in [4.69, 9.17) is 0 Å². The van der Waals surface area contributed by atoms with Crippen LogP contribution in [0.4, 0.5) is 0 Å². The zero-order chi connectivity index (χ0) is 28.1. The summed E-state index contributed by atoms with van der Waals surface area (Å²) in [5, 5.41) is 0. The SMILES string of the molecule is CC(C)(C)c1[c-]c2c(cc1)-c1ccc(C(C)(C)C)cc1C2.C[c-]1ccc(C2C3CC4CC(C3)CC2C4)c1.[CH2]=[Zr+2].[Cl-].[Cl-]. The van der Waals surface area contributed by atoms with Gasteiger partial charge in [0, 0.05) is 0 Å². The molecule has 0 saturated heterocycles. The van der Waals surface area contributed by atoms with Gasteiger partial charge in [-0.25, -0.2) is 6.07 Å². The zero-order valence-electron chi connectivity index (χ0n) is 26.2. The molecule has 3 heteroatoms. The molecule has 5 aliphatic rings. The van der Waals surface area contributed by atoms with E-state index in [0.717, 1.165) is 36.0 Å². The summed E-state index contributed by atoms with van der Waals surface area (Å²) in [6.07, 6.45) is 8.77. The Balaban J connectivity index is 0.000000208. The first-order valence-electron chi connectivity index (χ1n) is 15.2. The minimum Gasteiger partial charge on any atom is -1.00 e. The van der Waals surface area contributed by atoms with E-state index < -0.39 is 0 Å². The number of benzene rings is 2. The van der Waals surface area contributed by atoms with Crippen LogP contribution in [-0.4, -0.2) is 4.21 Å². The van der Waals surface area contributed by atoms with Gasteiger partial charge in [0.15, 0.2) is 0 Å². The fourth-order valence-electron chi connectivity index (χ4n) is 8.29. The summed E-state index contributed by atoms with van der Waals surface area (Å²) in [4.78, 5) is 0. The minimum absolute atomic E-state index is 0. The molecule has 3 aromatic carbocycles. The van der Waals surface area contributed by atoms with E-state index in [1.807, 2.05) is 0 Å². The van der Waals surface area contributed by atoms with Crippen molar-refractivity contribution in [3.05, 3.63) is 88.0 Å². The fourth-order valence-corrected chi connectivity index (χ4v) is 8.29. The molecule has 4 fully saturated rings. The van der Waals surface area contributed by atoms with E-state index >= 15 is 0 Å². The molecule has 220 valence electrons. The van der Waals surface area contributed by atoms with Crippen molar-refractivity contribution in [3.8, 4) is 11.1 Å². The molecule has 0 radical (unpaired) electrons. The molecule has 0 amide bonds. The van der Waals surface area contributed by atoms with Gasteiger partial charge < -0.3 is 24.8 Å².